The smallest absolute Gasteiger partial charge is 0.268 e. The van der Waals surface area contributed by atoms with Gasteiger partial charge < -0.3 is 9.30 Å². The van der Waals surface area contributed by atoms with Gasteiger partial charge in [-0.25, -0.2) is 4.98 Å². The molecule has 1 N–H and O–H groups in total. The predicted octanol–water partition coefficient (Wildman–Crippen LogP) is 4.50. The van der Waals surface area contributed by atoms with Crippen LogP contribution in [0, 0.1) is 25.2 Å². The minimum atomic E-state index is -0.469. The Hall–Kier alpha value is -3.37. The van der Waals surface area contributed by atoms with Gasteiger partial charge in [0.05, 0.1) is 6.61 Å². The van der Waals surface area contributed by atoms with Crippen LogP contribution in [0.4, 0.5) is 5.13 Å². The van der Waals surface area contributed by atoms with Crippen molar-refractivity contribution in [1.82, 2.24) is 9.55 Å². The second kappa shape index (κ2) is 8.55. The molecule has 0 aliphatic heterocycles. The Kier molecular flexibility index (Phi) is 5.92. The second-order valence-electron chi connectivity index (χ2n) is 6.05. The first-order valence-corrected chi connectivity index (χ1v) is 9.66. The van der Waals surface area contributed by atoms with Gasteiger partial charge in [-0.15, -0.1) is 11.3 Å². The van der Waals surface area contributed by atoms with E-state index in [1.165, 1.54) is 11.3 Å². The number of carbonyl (C=O) groups excluding carboxylic acids is 1. The lowest BCUT2D eigenvalue weighted by molar-refractivity contribution is -0.112. The van der Waals surface area contributed by atoms with Gasteiger partial charge in [-0.2, -0.15) is 5.26 Å². The van der Waals surface area contributed by atoms with E-state index in [2.05, 4.69) is 14.9 Å². The molecule has 1 amide bonds. The van der Waals surface area contributed by atoms with Crippen LogP contribution in [0.1, 0.15) is 23.9 Å². The van der Waals surface area contributed by atoms with Crippen molar-refractivity contribution in [3.63, 3.8) is 0 Å². The number of nitriles is 1. The lowest BCUT2D eigenvalue weighted by Crippen LogP contribution is -2.13. The molecule has 0 radical (unpaired) electrons. The van der Waals surface area contributed by atoms with Gasteiger partial charge in [-0.3, -0.25) is 10.1 Å². The molecule has 2 aromatic heterocycles. The molecule has 142 valence electrons. The van der Waals surface area contributed by atoms with E-state index in [1.54, 1.807) is 17.7 Å². The molecular weight excluding hydrogens is 372 g/mol. The molecule has 0 bridgehead atoms. The Labute approximate surface area is 167 Å². The molecule has 0 spiro atoms. The van der Waals surface area contributed by atoms with Crippen molar-refractivity contribution >= 4 is 28.5 Å². The minimum absolute atomic E-state index is 0.0298. The largest absolute Gasteiger partial charge is 0.494 e. The van der Waals surface area contributed by atoms with E-state index in [1.807, 2.05) is 57.2 Å². The monoisotopic (exact) mass is 392 g/mol. The number of thiazole rings is 1. The molecule has 1 aromatic carbocycles. The highest BCUT2D eigenvalue weighted by Gasteiger charge is 2.14. The van der Waals surface area contributed by atoms with Crippen molar-refractivity contribution in [3.8, 4) is 17.5 Å². The zero-order valence-corrected chi connectivity index (χ0v) is 16.7. The molecule has 0 unspecified atom stereocenters. The fourth-order valence-electron chi connectivity index (χ4n) is 2.94. The summed E-state index contributed by atoms with van der Waals surface area (Å²) in [5.41, 5.74) is 3.78. The number of nitrogens with one attached hydrogen (secondary N) is 1. The summed E-state index contributed by atoms with van der Waals surface area (Å²) < 4.78 is 7.57. The van der Waals surface area contributed by atoms with E-state index >= 15 is 0 Å². The summed E-state index contributed by atoms with van der Waals surface area (Å²) in [6.07, 6.45) is 3.21. The van der Waals surface area contributed by atoms with Crippen LogP contribution < -0.4 is 10.1 Å². The topological polar surface area (TPSA) is 79.9 Å². The number of hydrogen-bond donors (Lipinski definition) is 1. The summed E-state index contributed by atoms with van der Waals surface area (Å²) in [6, 6.07) is 11.8. The van der Waals surface area contributed by atoms with Crippen molar-refractivity contribution in [3.05, 3.63) is 64.4 Å². The molecule has 0 saturated carbocycles. The van der Waals surface area contributed by atoms with Crippen LogP contribution in [0.3, 0.4) is 0 Å². The zero-order chi connectivity index (χ0) is 20.1. The van der Waals surface area contributed by atoms with Gasteiger partial charge in [0.1, 0.15) is 17.4 Å². The van der Waals surface area contributed by atoms with Crippen molar-refractivity contribution < 1.29 is 9.53 Å². The Morgan fingerprint density at radius 3 is 2.71 bits per heavy atom. The van der Waals surface area contributed by atoms with Gasteiger partial charge in [0.2, 0.25) is 0 Å². The van der Waals surface area contributed by atoms with Crippen molar-refractivity contribution in [2.24, 2.45) is 0 Å². The first-order valence-electron chi connectivity index (χ1n) is 8.78. The highest BCUT2D eigenvalue weighted by Crippen LogP contribution is 2.24. The first-order chi connectivity index (χ1) is 13.5. The number of benzene rings is 1. The second-order valence-corrected chi connectivity index (χ2v) is 6.94. The fourth-order valence-corrected chi connectivity index (χ4v) is 3.47. The highest BCUT2D eigenvalue weighted by atomic mass is 32.1. The third-order valence-corrected chi connectivity index (χ3v) is 4.88. The van der Waals surface area contributed by atoms with E-state index in [0.717, 1.165) is 28.4 Å². The van der Waals surface area contributed by atoms with Gasteiger partial charge in [-0.05, 0) is 62.7 Å². The normalized spacial score (nSPS) is 11.1. The average Bonchev–Trinajstić information content (AvgIpc) is 3.28. The van der Waals surface area contributed by atoms with E-state index in [0.29, 0.717) is 11.7 Å². The average molecular weight is 392 g/mol. The van der Waals surface area contributed by atoms with Crippen LogP contribution >= 0.6 is 11.3 Å². The summed E-state index contributed by atoms with van der Waals surface area (Å²) in [7, 11) is 0. The molecule has 0 atom stereocenters. The highest BCUT2D eigenvalue weighted by molar-refractivity contribution is 7.13. The maximum absolute atomic E-state index is 12.4. The van der Waals surface area contributed by atoms with E-state index in [9.17, 15) is 10.1 Å². The predicted molar refractivity (Wildman–Crippen MR) is 111 cm³/mol. The summed E-state index contributed by atoms with van der Waals surface area (Å²) in [5.74, 6) is 0.350. The van der Waals surface area contributed by atoms with Crippen molar-refractivity contribution in [2.75, 3.05) is 11.9 Å². The molecule has 0 aliphatic carbocycles. The maximum Gasteiger partial charge on any atom is 0.268 e. The third kappa shape index (κ3) is 4.13. The van der Waals surface area contributed by atoms with Crippen molar-refractivity contribution in [1.29, 1.82) is 5.26 Å². The summed E-state index contributed by atoms with van der Waals surface area (Å²) in [5, 5.41) is 14.3. The summed E-state index contributed by atoms with van der Waals surface area (Å²) in [6.45, 7) is 6.52. The molecule has 0 fully saturated rings. The molecule has 2 heterocycles. The number of aromatic nitrogens is 2. The van der Waals surface area contributed by atoms with Crippen LogP contribution in [0.2, 0.25) is 0 Å². The molecular formula is C21H20N4O2S. The lowest BCUT2D eigenvalue weighted by Gasteiger charge is -2.11. The fraction of sp³-hybridized carbons (Fsp3) is 0.190. The number of carbonyl (C=O) groups is 1. The lowest BCUT2D eigenvalue weighted by atomic mass is 10.1. The Bertz CT molecular complexity index is 1040. The maximum atomic E-state index is 12.4. The van der Waals surface area contributed by atoms with Gasteiger partial charge in [0.25, 0.3) is 5.91 Å². The SMILES string of the molecule is CCOc1ccc(-n2c(C)cc(C=C(C#N)C(=O)Nc3nccs3)c2C)cc1. The molecule has 0 saturated heterocycles. The van der Waals surface area contributed by atoms with Crippen LogP contribution in [0.15, 0.2) is 47.5 Å². The number of anilines is 1. The zero-order valence-electron chi connectivity index (χ0n) is 15.9. The molecule has 0 aliphatic rings. The number of amides is 1. The minimum Gasteiger partial charge on any atom is -0.494 e. The van der Waals surface area contributed by atoms with Crippen LogP contribution in [0.5, 0.6) is 5.75 Å². The number of aryl methyl sites for hydroxylation is 1. The molecule has 28 heavy (non-hydrogen) atoms. The molecule has 3 rings (SSSR count). The van der Waals surface area contributed by atoms with Crippen LogP contribution in [-0.4, -0.2) is 22.1 Å². The standard InChI is InChI=1S/C21H20N4O2S/c1-4-27-19-7-5-18(6-8-19)25-14(2)11-16(15(25)3)12-17(13-22)20(26)24-21-23-9-10-28-21/h5-12H,4H2,1-3H3,(H,23,24,26). The Morgan fingerprint density at radius 2 is 2.11 bits per heavy atom. The van der Waals surface area contributed by atoms with Gasteiger partial charge in [0, 0.05) is 28.7 Å². The van der Waals surface area contributed by atoms with Gasteiger partial charge in [-0.1, -0.05) is 0 Å². The quantitative estimate of drug-likeness (QED) is 0.495. The number of rotatable bonds is 6. The summed E-state index contributed by atoms with van der Waals surface area (Å²) >= 11 is 1.30. The molecule has 7 heteroatoms. The van der Waals surface area contributed by atoms with Gasteiger partial charge >= 0.3 is 0 Å². The molecule has 3 aromatic rings. The Balaban J connectivity index is 1.90. The Morgan fingerprint density at radius 1 is 1.36 bits per heavy atom. The van der Waals surface area contributed by atoms with Crippen LogP contribution in [0.25, 0.3) is 11.8 Å². The molecule has 6 nitrogen and oxygen atoms in total. The van der Waals surface area contributed by atoms with E-state index < -0.39 is 5.91 Å². The van der Waals surface area contributed by atoms with Crippen LogP contribution in [-0.2, 0) is 4.79 Å². The van der Waals surface area contributed by atoms with Crippen molar-refractivity contribution in [2.45, 2.75) is 20.8 Å². The number of hydrogen-bond acceptors (Lipinski definition) is 5. The summed E-state index contributed by atoms with van der Waals surface area (Å²) in [4.78, 5) is 16.4. The number of nitrogens with zero attached hydrogens (tertiary/aromatic N) is 3. The number of ether oxygens (including phenoxy) is 1. The first kappa shape index (κ1) is 19.4. The van der Waals surface area contributed by atoms with E-state index in [-0.39, 0.29) is 5.57 Å². The van der Waals surface area contributed by atoms with Gasteiger partial charge in [0.15, 0.2) is 5.13 Å². The third-order valence-electron chi connectivity index (χ3n) is 4.19. The van der Waals surface area contributed by atoms with E-state index in [4.69, 9.17) is 4.74 Å².